The Morgan fingerprint density at radius 3 is 2.72 bits per heavy atom. The summed E-state index contributed by atoms with van der Waals surface area (Å²) in [5.41, 5.74) is 0.940. The summed E-state index contributed by atoms with van der Waals surface area (Å²) in [6.07, 6.45) is 2.10. The first-order valence-corrected chi connectivity index (χ1v) is 10.5. The Balaban J connectivity index is 1.77. The standard InChI is InChI=1S/C19H22N4O5S/c1-4-17-21-18(28-22-17)12-23(3)19(24)16-10-15(8-7-13(16)2)29(25,26)20-11-14-6-5-9-27-14/h5-10,20H,4,11-12H2,1-3H3. The van der Waals surface area contributed by atoms with Gasteiger partial charge in [0, 0.05) is 19.0 Å². The molecule has 0 aliphatic rings. The maximum absolute atomic E-state index is 12.9. The third-order valence-corrected chi connectivity index (χ3v) is 5.71. The number of furan rings is 1. The van der Waals surface area contributed by atoms with Gasteiger partial charge < -0.3 is 13.8 Å². The second-order valence-electron chi connectivity index (χ2n) is 6.50. The summed E-state index contributed by atoms with van der Waals surface area (Å²) in [6, 6.07) is 7.77. The van der Waals surface area contributed by atoms with Crippen molar-refractivity contribution in [1.82, 2.24) is 19.8 Å². The summed E-state index contributed by atoms with van der Waals surface area (Å²) in [4.78, 5) is 18.5. The number of nitrogens with zero attached hydrogens (tertiary/aromatic N) is 3. The number of carbonyl (C=O) groups is 1. The number of carbonyl (C=O) groups excluding carboxylic acids is 1. The van der Waals surface area contributed by atoms with Crippen LogP contribution < -0.4 is 4.72 Å². The number of rotatable bonds is 8. The van der Waals surface area contributed by atoms with Crippen LogP contribution in [0.5, 0.6) is 0 Å². The molecule has 1 N–H and O–H groups in total. The molecule has 0 atom stereocenters. The molecule has 0 fully saturated rings. The van der Waals surface area contributed by atoms with E-state index in [0.717, 1.165) is 0 Å². The van der Waals surface area contributed by atoms with Gasteiger partial charge in [-0.25, -0.2) is 13.1 Å². The Morgan fingerprint density at radius 1 is 1.28 bits per heavy atom. The van der Waals surface area contributed by atoms with Crippen LogP contribution in [0.4, 0.5) is 0 Å². The van der Waals surface area contributed by atoms with Crippen LogP contribution in [0.2, 0.25) is 0 Å². The number of hydrogen-bond donors (Lipinski definition) is 1. The van der Waals surface area contributed by atoms with Crippen LogP contribution in [0.1, 0.15) is 40.3 Å². The van der Waals surface area contributed by atoms with E-state index in [1.165, 1.54) is 23.3 Å². The molecule has 0 radical (unpaired) electrons. The van der Waals surface area contributed by atoms with Crippen molar-refractivity contribution in [3.63, 3.8) is 0 Å². The molecule has 9 nitrogen and oxygen atoms in total. The van der Waals surface area contributed by atoms with Crippen molar-refractivity contribution in [3.8, 4) is 0 Å². The maximum Gasteiger partial charge on any atom is 0.254 e. The molecular formula is C19H22N4O5S. The number of benzene rings is 1. The monoisotopic (exact) mass is 418 g/mol. The highest BCUT2D eigenvalue weighted by Gasteiger charge is 2.21. The van der Waals surface area contributed by atoms with E-state index in [0.29, 0.717) is 29.5 Å². The van der Waals surface area contributed by atoms with Gasteiger partial charge in [0.05, 0.1) is 24.2 Å². The predicted molar refractivity (Wildman–Crippen MR) is 103 cm³/mol. The summed E-state index contributed by atoms with van der Waals surface area (Å²) < 4.78 is 37.9. The van der Waals surface area contributed by atoms with E-state index in [9.17, 15) is 13.2 Å². The number of hydrogen-bond acceptors (Lipinski definition) is 7. The van der Waals surface area contributed by atoms with Crippen molar-refractivity contribution in [2.75, 3.05) is 7.05 Å². The minimum atomic E-state index is -3.82. The van der Waals surface area contributed by atoms with Crippen molar-refractivity contribution in [1.29, 1.82) is 0 Å². The van der Waals surface area contributed by atoms with Gasteiger partial charge in [-0.15, -0.1) is 0 Å². The largest absolute Gasteiger partial charge is 0.468 e. The van der Waals surface area contributed by atoms with Gasteiger partial charge in [-0.3, -0.25) is 4.79 Å². The summed E-state index contributed by atoms with van der Waals surface area (Å²) in [5.74, 6) is 1.02. The fraction of sp³-hybridized carbons (Fsp3) is 0.316. The van der Waals surface area contributed by atoms with Crippen LogP contribution in [0.15, 0.2) is 50.4 Å². The van der Waals surface area contributed by atoms with Crippen LogP contribution in [0, 0.1) is 6.92 Å². The molecule has 0 aliphatic heterocycles. The van der Waals surface area contributed by atoms with Crippen LogP contribution in [-0.4, -0.2) is 36.4 Å². The van der Waals surface area contributed by atoms with Crippen molar-refractivity contribution >= 4 is 15.9 Å². The van der Waals surface area contributed by atoms with Gasteiger partial charge in [0.2, 0.25) is 15.9 Å². The number of amides is 1. The molecule has 29 heavy (non-hydrogen) atoms. The fourth-order valence-electron chi connectivity index (χ4n) is 2.64. The maximum atomic E-state index is 12.9. The lowest BCUT2D eigenvalue weighted by atomic mass is 10.1. The van der Waals surface area contributed by atoms with Crippen LogP contribution >= 0.6 is 0 Å². The smallest absolute Gasteiger partial charge is 0.254 e. The molecule has 2 aromatic heterocycles. The molecule has 3 rings (SSSR count). The average molecular weight is 418 g/mol. The summed E-state index contributed by atoms with van der Waals surface area (Å²) in [6.45, 7) is 3.79. The zero-order valence-electron chi connectivity index (χ0n) is 16.4. The minimum absolute atomic E-state index is 0.00235. The quantitative estimate of drug-likeness (QED) is 0.596. The lowest BCUT2D eigenvalue weighted by molar-refractivity contribution is 0.0768. The topological polar surface area (TPSA) is 119 Å². The zero-order chi connectivity index (χ0) is 21.0. The first kappa shape index (κ1) is 20.7. The molecule has 0 saturated carbocycles. The van der Waals surface area contributed by atoms with Crippen molar-refractivity contribution in [3.05, 3.63) is 65.2 Å². The molecule has 2 heterocycles. The van der Waals surface area contributed by atoms with Crippen molar-refractivity contribution < 1.29 is 22.2 Å². The molecular weight excluding hydrogens is 396 g/mol. The Hall–Kier alpha value is -2.98. The molecule has 3 aromatic rings. The number of nitrogens with one attached hydrogen (secondary N) is 1. The first-order chi connectivity index (χ1) is 13.8. The summed E-state index contributed by atoms with van der Waals surface area (Å²) in [5, 5.41) is 3.81. The highest BCUT2D eigenvalue weighted by Crippen LogP contribution is 2.18. The van der Waals surface area contributed by atoms with E-state index in [1.54, 1.807) is 32.2 Å². The third-order valence-electron chi connectivity index (χ3n) is 4.31. The van der Waals surface area contributed by atoms with Gasteiger partial charge in [-0.1, -0.05) is 18.1 Å². The molecule has 0 spiro atoms. The highest BCUT2D eigenvalue weighted by molar-refractivity contribution is 7.89. The normalized spacial score (nSPS) is 11.6. The molecule has 0 unspecified atom stereocenters. The summed E-state index contributed by atoms with van der Waals surface area (Å²) >= 11 is 0. The molecule has 1 amide bonds. The average Bonchev–Trinajstić information content (AvgIpc) is 3.38. The van der Waals surface area contributed by atoms with E-state index in [1.807, 2.05) is 6.92 Å². The van der Waals surface area contributed by atoms with Crippen LogP contribution in [0.25, 0.3) is 0 Å². The molecule has 0 aliphatic carbocycles. The van der Waals surface area contributed by atoms with Gasteiger partial charge in [0.15, 0.2) is 5.82 Å². The van der Waals surface area contributed by atoms with E-state index >= 15 is 0 Å². The van der Waals surface area contributed by atoms with Gasteiger partial charge in [0.25, 0.3) is 5.91 Å². The van der Waals surface area contributed by atoms with E-state index in [4.69, 9.17) is 8.94 Å². The molecule has 10 heteroatoms. The minimum Gasteiger partial charge on any atom is -0.468 e. The molecule has 0 saturated heterocycles. The second-order valence-corrected chi connectivity index (χ2v) is 8.27. The van der Waals surface area contributed by atoms with Gasteiger partial charge >= 0.3 is 0 Å². The lowest BCUT2D eigenvalue weighted by Gasteiger charge is -2.17. The Bertz CT molecular complexity index is 1090. The predicted octanol–water partition coefficient (Wildman–Crippen LogP) is 2.28. The van der Waals surface area contributed by atoms with Crippen molar-refractivity contribution in [2.24, 2.45) is 0 Å². The van der Waals surface area contributed by atoms with Gasteiger partial charge in [-0.2, -0.15) is 4.98 Å². The number of aromatic nitrogens is 2. The Labute approximate surface area is 168 Å². The second kappa shape index (κ2) is 8.58. The molecule has 0 bridgehead atoms. The van der Waals surface area contributed by atoms with E-state index in [-0.39, 0.29) is 29.5 Å². The lowest BCUT2D eigenvalue weighted by Crippen LogP contribution is -2.28. The zero-order valence-corrected chi connectivity index (χ0v) is 17.2. The number of aryl methyl sites for hydroxylation is 2. The SMILES string of the molecule is CCc1noc(CN(C)C(=O)c2cc(S(=O)(=O)NCc3ccco3)ccc2C)n1. The molecule has 1 aromatic carbocycles. The van der Waals surface area contributed by atoms with Crippen LogP contribution in [-0.2, 0) is 29.5 Å². The van der Waals surface area contributed by atoms with Gasteiger partial charge in [0.1, 0.15) is 5.76 Å². The van der Waals surface area contributed by atoms with E-state index < -0.39 is 10.0 Å². The Morgan fingerprint density at radius 2 is 2.07 bits per heavy atom. The van der Waals surface area contributed by atoms with E-state index in [2.05, 4.69) is 14.9 Å². The van der Waals surface area contributed by atoms with Crippen molar-refractivity contribution in [2.45, 2.75) is 38.3 Å². The fourth-order valence-corrected chi connectivity index (χ4v) is 3.66. The molecule has 154 valence electrons. The Kier molecular flexibility index (Phi) is 6.14. The van der Waals surface area contributed by atoms with Crippen LogP contribution in [0.3, 0.4) is 0 Å². The summed E-state index contributed by atoms with van der Waals surface area (Å²) in [7, 11) is -2.22. The first-order valence-electron chi connectivity index (χ1n) is 8.99. The third kappa shape index (κ3) is 4.90. The van der Waals surface area contributed by atoms with Gasteiger partial charge in [-0.05, 0) is 36.8 Å². The number of sulfonamides is 1. The highest BCUT2D eigenvalue weighted by atomic mass is 32.2.